The second-order valence-corrected chi connectivity index (χ2v) is 6.37. The minimum atomic E-state index is 0.550. The maximum absolute atomic E-state index is 6.01. The van der Waals surface area contributed by atoms with Gasteiger partial charge in [0.05, 0.1) is 6.20 Å². The molecule has 0 N–H and O–H groups in total. The van der Waals surface area contributed by atoms with E-state index in [0.717, 1.165) is 19.0 Å². The molecule has 5 heteroatoms. The average Bonchev–Trinajstić information content (AvgIpc) is 2.39. The summed E-state index contributed by atoms with van der Waals surface area (Å²) in [5.74, 6) is 1.45. The normalized spacial score (nSPS) is 19.6. The largest absolute Gasteiger partial charge is 0.476 e. The Balaban J connectivity index is 2.82. The van der Waals surface area contributed by atoms with Crippen LogP contribution in [0.1, 0.15) is 13.3 Å². The Labute approximate surface area is 130 Å². The van der Waals surface area contributed by atoms with Crippen molar-refractivity contribution >= 4 is 0 Å². The number of hydrogen-bond donors (Lipinski definition) is 0. The SMILES string of the molecule is CC1CCN(C)C=C1N(C)/C(=C\N(C)C)OCCN(C)C. The molecule has 0 radical (unpaired) electrons. The third-order valence-electron chi connectivity index (χ3n) is 3.65. The Morgan fingerprint density at radius 1 is 1.33 bits per heavy atom. The van der Waals surface area contributed by atoms with E-state index in [9.17, 15) is 0 Å². The van der Waals surface area contributed by atoms with Gasteiger partial charge < -0.3 is 24.3 Å². The van der Waals surface area contributed by atoms with Crippen LogP contribution in [0.2, 0.25) is 0 Å². The second kappa shape index (κ2) is 8.17. The van der Waals surface area contributed by atoms with E-state index >= 15 is 0 Å². The third kappa shape index (κ3) is 5.87. The summed E-state index contributed by atoms with van der Waals surface area (Å²) >= 11 is 0. The van der Waals surface area contributed by atoms with Crippen molar-refractivity contribution in [2.24, 2.45) is 5.92 Å². The van der Waals surface area contributed by atoms with Crippen LogP contribution in [0.3, 0.4) is 0 Å². The fraction of sp³-hybridized carbons (Fsp3) is 0.750. The summed E-state index contributed by atoms with van der Waals surface area (Å²) in [5.41, 5.74) is 1.31. The molecule has 5 nitrogen and oxygen atoms in total. The zero-order chi connectivity index (χ0) is 16.0. The van der Waals surface area contributed by atoms with Crippen molar-refractivity contribution in [1.29, 1.82) is 0 Å². The van der Waals surface area contributed by atoms with Crippen molar-refractivity contribution in [2.45, 2.75) is 13.3 Å². The highest BCUT2D eigenvalue weighted by Crippen LogP contribution is 2.26. The zero-order valence-electron chi connectivity index (χ0n) is 14.8. The van der Waals surface area contributed by atoms with E-state index < -0.39 is 0 Å². The predicted octanol–water partition coefficient (Wildman–Crippen LogP) is 1.67. The first kappa shape index (κ1) is 17.7. The Morgan fingerprint density at radius 2 is 2.00 bits per heavy atom. The second-order valence-electron chi connectivity index (χ2n) is 6.37. The van der Waals surface area contributed by atoms with Crippen LogP contribution in [0.5, 0.6) is 0 Å². The maximum Gasteiger partial charge on any atom is 0.209 e. The number of nitrogens with zero attached hydrogens (tertiary/aromatic N) is 4. The van der Waals surface area contributed by atoms with Crippen molar-refractivity contribution in [3.8, 4) is 0 Å². The smallest absolute Gasteiger partial charge is 0.209 e. The number of ether oxygens (including phenoxy) is 1. The summed E-state index contributed by atoms with van der Waals surface area (Å²) in [6.45, 7) is 5.00. The molecule has 0 aromatic rings. The molecule has 0 fully saturated rings. The third-order valence-corrected chi connectivity index (χ3v) is 3.65. The fourth-order valence-corrected chi connectivity index (χ4v) is 2.28. The molecule has 0 amide bonds. The lowest BCUT2D eigenvalue weighted by atomic mass is 10.0. The van der Waals surface area contributed by atoms with Gasteiger partial charge in [0.1, 0.15) is 6.61 Å². The summed E-state index contributed by atoms with van der Waals surface area (Å²) < 4.78 is 6.01. The number of hydrogen-bond acceptors (Lipinski definition) is 5. The van der Waals surface area contributed by atoms with E-state index in [1.54, 1.807) is 0 Å². The molecular weight excluding hydrogens is 264 g/mol. The molecule has 1 heterocycles. The Hall–Kier alpha value is -1.36. The quantitative estimate of drug-likeness (QED) is 0.665. The lowest BCUT2D eigenvalue weighted by Crippen LogP contribution is -2.32. The van der Waals surface area contributed by atoms with Crippen LogP contribution < -0.4 is 0 Å². The first-order valence-corrected chi connectivity index (χ1v) is 7.62. The highest BCUT2D eigenvalue weighted by Gasteiger charge is 2.22. The van der Waals surface area contributed by atoms with Crippen LogP contribution in [-0.4, -0.2) is 81.6 Å². The van der Waals surface area contributed by atoms with Gasteiger partial charge >= 0.3 is 0 Å². The van der Waals surface area contributed by atoms with Crippen molar-refractivity contribution in [3.63, 3.8) is 0 Å². The molecule has 1 atom stereocenters. The maximum atomic E-state index is 6.01. The van der Waals surface area contributed by atoms with Crippen molar-refractivity contribution in [1.82, 2.24) is 19.6 Å². The molecule has 21 heavy (non-hydrogen) atoms. The van der Waals surface area contributed by atoms with E-state index in [1.165, 1.54) is 12.1 Å². The first-order chi connectivity index (χ1) is 9.81. The molecule has 1 rings (SSSR count). The number of allylic oxidation sites excluding steroid dienone is 1. The fourth-order valence-electron chi connectivity index (χ4n) is 2.28. The monoisotopic (exact) mass is 296 g/mol. The summed E-state index contributed by atoms with van der Waals surface area (Å²) in [7, 11) is 12.4. The minimum Gasteiger partial charge on any atom is -0.476 e. The Kier molecular flexibility index (Phi) is 6.89. The van der Waals surface area contributed by atoms with Gasteiger partial charge in [-0.1, -0.05) is 6.92 Å². The van der Waals surface area contributed by atoms with Crippen molar-refractivity contribution in [3.05, 3.63) is 24.0 Å². The molecule has 0 saturated carbocycles. The van der Waals surface area contributed by atoms with Crippen LogP contribution in [0.25, 0.3) is 0 Å². The van der Waals surface area contributed by atoms with Crippen molar-refractivity contribution in [2.75, 3.05) is 62.0 Å². The van der Waals surface area contributed by atoms with E-state index in [1.807, 2.05) is 25.2 Å². The zero-order valence-corrected chi connectivity index (χ0v) is 14.8. The lowest BCUT2D eigenvalue weighted by Gasteiger charge is -2.35. The topological polar surface area (TPSA) is 22.2 Å². The first-order valence-electron chi connectivity index (χ1n) is 7.62. The highest BCUT2D eigenvalue weighted by molar-refractivity contribution is 5.12. The lowest BCUT2D eigenvalue weighted by molar-refractivity contribution is 0.114. The molecule has 1 aliphatic rings. The van der Waals surface area contributed by atoms with Gasteiger partial charge in [-0.05, 0) is 26.4 Å². The van der Waals surface area contributed by atoms with Crippen LogP contribution in [0.4, 0.5) is 0 Å². The van der Waals surface area contributed by atoms with Crippen LogP contribution in [0, 0.1) is 5.92 Å². The van der Waals surface area contributed by atoms with Crippen LogP contribution in [0.15, 0.2) is 24.0 Å². The summed E-state index contributed by atoms with van der Waals surface area (Å²) in [5, 5.41) is 0. The highest BCUT2D eigenvalue weighted by atomic mass is 16.5. The molecule has 1 unspecified atom stereocenters. The van der Waals surface area contributed by atoms with E-state index in [4.69, 9.17) is 4.74 Å². The summed E-state index contributed by atoms with van der Waals surface area (Å²) in [6, 6.07) is 0. The summed E-state index contributed by atoms with van der Waals surface area (Å²) in [6.07, 6.45) is 5.45. The number of likely N-dealkylation sites (N-methyl/N-ethyl adjacent to an activating group) is 1. The molecule has 0 bridgehead atoms. The van der Waals surface area contributed by atoms with Gasteiger partial charge in [-0.15, -0.1) is 0 Å². The van der Waals surface area contributed by atoms with E-state index in [2.05, 4.69) is 56.0 Å². The molecule has 0 spiro atoms. The van der Waals surface area contributed by atoms with Gasteiger partial charge in [-0.2, -0.15) is 0 Å². The van der Waals surface area contributed by atoms with Gasteiger partial charge in [0, 0.05) is 53.2 Å². The standard InChI is InChI=1S/C16H32N4O/c1-14-8-9-19(6)12-15(14)20(7)16(13-18(4)5)21-11-10-17(2)3/h12-14H,8-11H2,1-7H3/b16-13+. The Morgan fingerprint density at radius 3 is 2.57 bits per heavy atom. The number of rotatable bonds is 7. The van der Waals surface area contributed by atoms with Gasteiger partial charge in [0.2, 0.25) is 5.88 Å². The van der Waals surface area contributed by atoms with E-state index in [0.29, 0.717) is 12.5 Å². The van der Waals surface area contributed by atoms with Gasteiger partial charge in [0.15, 0.2) is 0 Å². The van der Waals surface area contributed by atoms with E-state index in [-0.39, 0.29) is 0 Å². The molecular formula is C16H32N4O. The molecule has 0 saturated heterocycles. The Bertz CT molecular complexity index is 376. The van der Waals surface area contributed by atoms with Gasteiger partial charge in [-0.3, -0.25) is 0 Å². The molecule has 122 valence electrons. The van der Waals surface area contributed by atoms with Crippen LogP contribution >= 0.6 is 0 Å². The van der Waals surface area contributed by atoms with Gasteiger partial charge in [-0.25, -0.2) is 0 Å². The summed E-state index contributed by atoms with van der Waals surface area (Å²) in [4.78, 5) is 8.58. The molecule has 0 aromatic heterocycles. The molecule has 0 aliphatic carbocycles. The van der Waals surface area contributed by atoms with Crippen LogP contribution in [-0.2, 0) is 4.74 Å². The molecule has 0 aromatic carbocycles. The van der Waals surface area contributed by atoms with Gasteiger partial charge in [0.25, 0.3) is 0 Å². The minimum absolute atomic E-state index is 0.550. The predicted molar refractivity (Wildman–Crippen MR) is 88.5 cm³/mol. The van der Waals surface area contributed by atoms with Crippen molar-refractivity contribution < 1.29 is 4.74 Å². The average molecular weight is 296 g/mol. The molecule has 1 aliphatic heterocycles.